The highest BCUT2D eigenvalue weighted by molar-refractivity contribution is 5.82. The van der Waals surface area contributed by atoms with Gasteiger partial charge in [-0.3, -0.25) is 4.79 Å². The Morgan fingerprint density at radius 2 is 1.83 bits per heavy atom. The van der Waals surface area contributed by atoms with Crippen LogP contribution in [0.3, 0.4) is 0 Å². The Morgan fingerprint density at radius 1 is 1.12 bits per heavy atom. The van der Waals surface area contributed by atoms with Crippen molar-refractivity contribution < 1.29 is 27.8 Å². The highest BCUT2D eigenvalue weighted by Crippen LogP contribution is 2.41. The average Bonchev–Trinajstić information content (AvgIpc) is 3.55. The van der Waals surface area contributed by atoms with E-state index in [2.05, 4.69) is 20.3 Å². The van der Waals surface area contributed by atoms with Crippen LogP contribution in [0.2, 0.25) is 0 Å². The Balaban J connectivity index is 1.19. The molecule has 0 amide bonds. The largest absolute Gasteiger partial charge is 0.480 e. The molecule has 10 nitrogen and oxygen atoms in total. The van der Waals surface area contributed by atoms with Gasteiger partial charge >= 0.3 is 12.1 Å². The van der Waals surface area contributed by atoms with Gasteiger partial charge in [-0.05, 0) is 47.9 Å². The lowest BCUT2D eigenvalue weighted by Gasteiger charge is -2.39. The summed E-state index contributed by atoms with van der Waals surface area (Å²) in [6, 6.07) is 12.6. The number of aryl methyl sites for hydroxylation is 1. The van der Waals surface area contributed by atoms with Gasteiger partial charge in [0.25, 0.3) is 0 Å². The van der Waals surface area contributed by atoms with Crippen LogP contribution in [-0.2, 0) is 11.8 Å². The zero-order valence-corrected chi connectivity index (χ0v) is 22.8. The normalized spacial score (nSPS) is 19.3. The second-order valence-electron chi connectivity index (χ2n) is 11.1. The maximum Gasteiger partial charge on any atom is 0.429 e. The number of nitrogen functional groups attached to an aromatic ring is 1. The van der Waals surface area contributed by atoms with Crippen molar-refractivity contribution in [1.29, 1.82) is 0 Å². The highest BCUT2D eigenvalue weighted by atomic mass is 19.4. The zero-order chi connectivity index (χ0) is 29.6. The van der Waals surface area contributed by atoms with Crippen LogP contribution in [0.4, 0.5) is 24.9 Å². The number of nitrogens with zero attached hydrogens (tertiary/aromatic N) is 5. The topological polar surface area (TPSA) is 131 Å². The molecule has 4 aromatic rings. The Morgan fingerprint density at radius 3 is 2.50 bits per heavy atom. The van der Waals surface area contributed by atoms with E-state index in [0.717, 1.165) is 22.2 Å². The molecular weight excluding hydrogens is 551 g/mol. The van der Waals surface area contributed by atoms with Gasteiger partial charge < -0.3 is 30.4 Å². The first kappa shape index (κ1) is 27.8. The number of piperidine rings is 1. The van der Waals surface area contributed by atoms with Gasteiger partial charge in [0.1, 0.15) is 11.9 Å². The van der Waals surface area contributed by atoms with E-state index in [9.17, 15) is 23.1 Å². The third kappa shape index (κ3) is 5.43. The average molecular weight is 582 g/mol. The molecule has 6 rings (SSSR count). The smallest absolute Gasteiger partial charge is 0.429 e. The molecule has 42 heavy (non-hydrogen) atoms. The van der Waals surface area contributed by atoms with Gasteiger partial charge in [0.05, 0.1) is 17.4 Å². The minimum absolute atomic E-state index is 0.0782. The Hall–Kier alpha value is -4.39. The fourth-order valence-electron chi connectivity index (χ4n) is 5.95. The summed E-state index contributed by atoms with van der Waals surface area (Å²) in [6.45, 7) is 1.72. The van der Waals surface area contributed by atoms with Crippen LogP contribution in [0.5, 0.6) is 5.88 Å². The number of carboxylic acid groups (broad SMARTS) is 1. The number of alkyl halides is 3. The lowest BCUT2D eigenvalue weighted by Crippen LogP contribution is -2.41. The van der Waals surface area contributed by atoms with Crippen LogP contribution >= 0.6 is 0 Å². The summed E-state index contributed by atoms with van der Waals surface area (Å²) in [5.74, 6) is -0.968. The van der Waals surface area contributed by atoms with Crippen molar-refractivity contribution in [2.75, 3.05) is 30.3 Å². The van der Waals surface area contributed by atoms with Crippen LogP contribution < -0.4 is 20.7 Å². The Kier molecular flexibility index (Phi) is 6.92. The summed E-state index contributed by atoms with van der Waals surface area (Å²) in [5, 5.41) is 12.4. The molecule has 2 aromatic carbocycles. The number of benzene rings is 2. The second-order valence-corrected chi connectivity index (χ2v) is 11.1. The van der Waals surface area contributed by atoms with Crippen LogP contribution in [0.1, 0.15) is 30.9 Å². The lowest BCUT2D eigenvalue weighted by atomic mass is 9.76. The Bertz CT molecular complexity index is 1620. The predicted molar refractivity (Wildman–Crippen MR) is 150 cm³/mol. The molecule has 2 fully saturated rings. The molecule has 2 saturated heterocycles. The highest BCUT2D eigenvalue weighted by Gasteiger charge is 2.45. The van der Waals surface area contributed by atoms with Gasteiger partial charge in [-0.1, -0.05) is 30.3 Å². The van der Waals surface area contributed by atoms with Gasteiger partial charge in [0.15, 0.2) is 0 Å². The van der Waals surface area contributed by atoms with Crippen molar-refractivity contribution >= 4 is 28.8 Å². The van der Waals surface area contributed by atoms with E-state index in [-0.39, 0.29) is 22.8 Å². The molecule has 2 atom stereocenters. The van der Waals surface area contributed by atoms with Crippen molar-refractivity contribution in [1.82, 2.24) is 24.8 Å². The SMILES string of the molecule is Cn1cnc2cc(-c3ccc(C(Oc4cc(N5CCC6(CC5)CN[C@H](C(=O)O)C6)nc(N)n4)C(F)(F)F)cc3)ccc21. The number of rotatable bonds is 6. The zero-order valence-electron chi connectivity index (χ0n) is 22.8. The van der Waals surface area contributed by atoms with Gasteiger partial charge in [-0.15, -0.1) is 0 Å². The molecule has 220 valence electrons. The fraction of sp³-hybridized carbons (Fsp3) is 0.379. The van der Waals surface area contributed by atoms with Crippen molar-refractivity contribution in [3.8, 4) is 17.0 Å². The van der Waals surface area contributed by atoms with Crippen LogP contribution in [0.25, 0.3) is 22.2 Å². The number of aromatic nitrogens is 4. The van der Waals surface area contributed by atoms with Crippen molar-refractivity contribution in [2.24, 2.45) is 12.5 Å². The first-order valence-corrected chi connectivity index (χ1v) is 13.6. The number of hydrogen-bond acceptors (Lipinski definition) is 8. The minimum atomic E-state index is -4.72. The van der Waals surface area contributed by atoms with Crippen molar-refractivity contribution in [3.63, 3.8) is 0 Å². The number of hydrogen-bond donors (Lipinski definition) is 3. The molecule has 2 aliphatic rings. The minimum Gasteiger partial charge on any atom is -0.480 e. The van der Waals surface area contributed by atoms with E-state index < -0.39 is 24.3 Å². The fourth-order valence-corrected chi connectivity index (χ4v) is 5.95. The molecule has 4 N–H and O–H groups in total. The molecule has 2 aromatic heterocycles. The molecule has 0 bridgehead atoms. The van der Waals surface area contributed by atoms with E-state index in [4.69, 9.17) is 10.5 Å². The molecule has 1 spiro atoms. The number of nitrogens with one attached hydrogen (secondary N) is 1. The maximum atomic E-state index is 14.2. The molecule has 1 unspecified atom stereocenters. The van der Waals surface area contributed by atoms with E-state index >= 15 is 0 Å². The second kappa shape index (κ2) is 10.5. The molecule has 0 aliphatic carbocycles. The third-order valence-electron chi connectivity index (χ3n) is 8.32. The summed E-state index contributed by atoms with van der Waals surface area (Å²) in [6.07, 6.45) is -3.31. The van der Waals surface area contributed by atoms with Gasteiger partial charge in [-0.2, -0.15) is 23.1 Å². The summed E-state index contributed by atoms with van der Waals surface area (Å²) < 4.78 is 50.0. The molecule has 0 saturated carbocycles. The predicted octanol–water partition coefficient (Wildman–Crippen LogP) is 4.33. The maximum absolute atomic E-state index is 14.2. The van der Waals surface area contributed by atoms with Crippen LogP contribution in [-0.4, -0.2) is 62.4 Å². The summed E-state index contributed by atoms with van der Waals surface area (Å²) in [5.41, 5.74) is 9.01. The van der Waals surface area contributed by atoms with E-state index in [0.29, 0.717) is 44.7 Å². The number of halogens is 3. The van der Waals surface area contributed by atoms with E-state index in [1.165, 1.54) is 18.2 Å². The van der Waals surface area contributed by atoms with Gasteiger partial charge in [-0.25, -0.2) is 4.98 Å². The quantitative estimate of drug-likeness (QED) is 0.305. The molecule has 2 aliphatic heterocycles. The van der Waals surface area contributed by atoms with Gasteiger partial charge in [0.2, 0.25) is 17.9 Å². The number of carbonyl (C=O) groups is 1. The number of ether oxygens (including phenoxy) is 1. The lowest BCUT2D eigenvalue weighted by molar-refractivity contribution is -0.198. The van der Waals surface area contributed by atoms with E-state index in [1.807, 2.05) is 34.7 Å². The number of imidazole rings is 1. The first-order chi connectivity index (χ1) is 20.0. The number of aliphatic carboxylic acids is 1. The molecule has 0 radical (unpaired) electrons. The Labute approximate surface area is 239 Å². The summed E-state index contributed by atoms with van der Waals surface area (Å²) in [7, 11) is 1.89. The monoisotopic (exact) mass is 581 g/mol. The van der Waals surface area contributed by atoms with Gasteiger partial charge in [0, 0.05) is 38.3 Å². The summed E-state index contributed by atoms with van der Waals surface area (Å²) >= 11 is 0. The van der Waals surface area contributed by atoms with Crippen molar-refractivity contribution in [3.05, 3.63) is 60.4 Å². The number of carboxylic acids is 1. The van der Waals surface area contributed by atoms with Crippen LogP contribution in [0.15, 0.2) is 54.9 Å². The number of fused-ring (bicyclic) bond motifs is 1. The van der Waals surface area contributed by atoms with E-state index in [1.54, 1.807) is 18.5 Å². The molecular formula is C29H30F3N7O3. The first-order valence-electron chi connectivity index (χ1n) is 13.6. The molecule has 13 heteroatoms. The third-order valence-corrected chi connectivity index (χ3v) is 8.32. The van der Waals surface area contributed by atoms with Crippen LogP contribution in [0, 0.1) is 5.41 Å². The van der Waals surface area contributed by atoms with Crippen molar-refractivity contribution in [2.45, 2.75) is 37.6 Å². The molecule has 4 heterocycles. The standard InChI is InChI=1S/C29H30F3N7O3/c1-38-16-35-20-12-19(6-7-22(20)38)17-2-4-18(5-3-17)25(29(30,31)32)42-24-13-23(36-27(33)37-24)39-10-8-28(9-11-39)14-21(26(40)41)34-15-28/h2-7,12-13,16,21,25,34H,8-11,14-15H2,1H3,(H,40,41)(H2,33,36,37)/t21-,25?/m0/s1. The number of nitrogens with two attached hydrogens (primary N) is 1. The summed E-state index contributed by atoms with van der Waals surface area (Å²) in [4.78, 5) is 25.8. The number of anilines is 2.